The minimum Gasteiger partial charge on any atom is -0.481 e. The van der Waals surface area contributed by atoms with E-state index in [1.807, 2.05) is 0 Å². The number of rotatable bonds is 55. The van der Waals surface area contributed by atoms with Gasteiger partial charge < -0.3 is 137 Å². The van der Waals surface area contributed by atoms with Gasteiger partial charge >= 0.3 is 11.9 Å². The first-order valence-electron chi connectivity index (χ1n) is 51.5. The molecule has 6 aliphatic heterocycles. The third kappa shape index (κ3) is 34.2. The van der Waals surface area contributed by atoms with Crippen LogP contribution in [-0.2, 0) is 117 Å². The highest BCUT2D eigenvalue weighted by atomic mass is 16.4. The SMILES string of the molecule is CC[C@H](C)[C@H](NC(=O)[C@@H](N)CC(N)=O)C(=O)N1CCC[C@H]1C(=O)N1CCC[C@H]1C(=O)N[C@@H](CC(C)C)C(=O)N[C@H](C(=O)N[C@@H](CCC(N)=O)C(=O)N[C@H](C(=O)N1CCC[C@H]1C(=O)N[C@H](C(=O)N[C@H](C(=O)N[C@H](C(=O)N1CCC[C@H]1C(=O)N1CCC[C@H]1C(=O)N[C@@H](Cc1ccccc1)C(=O)N[C@@H](CC(C)C)C(=O)N[C@@H](CCC(N)=O)C(=O)N1CCC[C@H]1C(=O)N[C@@H](CCC(=O)O)C(=O)O)C(C)C)C(C)C)C(C)C)[C@@H](C)O)[C@@H](C)O. The number of carboxylic acids is 2. The van der Waals surface area contributed by atoms with Crippen molar-refractivity contribution in [3.63, 3.8) is 0 Å². The summed E-state index contributed by atoms with van der Waals surface area (Å²) in [7, 11) is 0. The van der Waals surface area contributed by atoms with Crippen LogP contribution >= 0.6 is 0 Å². The van der Waals surface area contributed by atoms with Crippen LogP contribution in [0.15, 0.2) is 30.3 Å². The molecule has 6 heterocycles. The molecule has 0 saturated carbocycles. The topological polar surface area (TPSA) is 741 Å². The molecule has 0 aromatic heterocycles. The number of primary amides is 3. The molecule has 7 rings (SSSR count). The summed E-state index contributed by atoms with van der Waals surface area (Å²) < 4.78 is 0. The monoisotopic (exact) mass is 2090 g/mol. The molecule has 0 unspecified atom stereocenters. The van der Waals surface area contributed by atoms with Crippen molar-refractivity contribution in [2.45, 2.75) is 372 Å². The number of nitrogens with zero attached hydrogens (tertiary/aromatic N) is 6. The van der Waals surface area contributed by atoms with Gasteiger partial charge in [0.2, 0.25) is 124 Å². The third-order valence-electron chi connectivity index (χ3n) is 27.8. The van der Waals surface area contributed by atoms with Crippen LogP contribution in [0, 0.1) is 35.5 Å². The molecule has 148 heavy (non-hydrogen) atoms. The van der Waals surface area contributed by atoms with E-state index in [9.17, 15) is 121 Å². The number of nitrogens with one attached hydrogen (secondary N) is 12. The van der Waals surface area contributed by atoms with Crippen LogP contribution < -0.4 is 86.7 Å². The number of carbonyl (C=O) groups is 23. The number of benzene rings is 1. The predicted molar refractivity (Wildman–Crippen MR) is 531 cm³/mol. The highest BCUT2D eigenvalue weighted by molar-refractivity contribution is 6.03. The van der Waals surface area contributed by atoms with Gasteiger partial charge in [0.05, 0.1) is 24.7 Å². The largest absolute Gasteiger partial charge is 0.481 e. The summed E-state index contributed by atoms with van der Waals surface area (Å²) in [6.45, 7) is 22.7. The lowest BCUT2D eigenvalue weighted by molar-refractivity contribution is -0.148. The average molecular weight is 2090 g/mol. The fourth-order valence-electron chi connectivity index (χ4n) is 19.5. The van der Waals surface area contributed by atoms with Gasteiger partial charge in [-0.15, -0.1) is 0 Å². The highest BCUT2D eigenvalue weighted by Crippen LogP contribution is 2.32. The summed E-state index contributed by atoms with van der Waals surface area (Å²) in [5, 5.41) is 72.8. The third-order valence-corrected chi connectivity index (χ3v) is 27.8. The van der Waals surface area contributed by atoms with Crippen LogP contribution in [0.2, 0.25) is 0 Å². The molecule has 0 radical (unpaired) electrons. The van der Waals surface area contributed by atoms with E-state index in [0.717, 1.165) is 23.6 Å². The Kier molecular flexibility index (Phi) is 46.8. The Labute approximate surface area is 861 Å². The van der Waals surface area contributed by atoms with Crippen molar-refractivity contribution >= 4 is 136 Å². The zero-order valence-corrected chi connectivity index (χ0v) is 87.2. The van der Waals surface area contributed by atoms with Gasteiger partial charge in [-0.2, -0.15) is 0 Å². The summed E-state index contributed by atoms with van der Waals surface area (Å²) in [5.74, 6) is -23.7. The summed E-state index contributed by atoms with van der Waals surface area (Å²) in [5.41, 5.74) is 22.8. The number of carbonyl (C=O) groups excluding carboxylic acids is 21. The first-order valence-corrected chi connectivity index (χ1v) is 51.5. The number of nitrogens with two attached hydrogens (primary N) is 4. The smallest absolute Gasteiger partial charge is 0.326 e. The number of amides is 21. The first kappa shape index (κ1) is 122. The van der Waals surface area contributed by atoms with E-state index in [1.165, 1.54) is 19.6 Å². The Morgan fingerprint density at radius 1 is 0.331 bits per heavy atom. The zero-order chi connectivity index (χ0) is 110. The number of aliphatic hydroxyl groups is 2. The van der Waals surface area contributed by atoms with Crippen LogP contribution in [0.4, 0.5) is 0 Å². The second kappa shape index (κ2) is 56.9. The molecule has 1 aromatic rings. The number of hydrogen-bond acceptors (Lipinski definition) is 26. The van der Waals surface area contributed by atoms with Crippen LogP contribution in [0.5, 0.6) is 0 Å². The number of hydrogen-bond donors (Lipinski definition) is 20. The van der Waals surface area contributed by atoms with Crippen molar-refractivity contribution < 1.29 is 131 Å². The van der Waals surface area contributed by atoms with Crippen LogP contribution in [0.25, 0.3) is 0 Å². The van der Waals surface area contributed by atoms with Gasteiger partial charge in [0.25, 0.3) is 0 Å². The van der Waals surface area contributed by atoms with Gasteiger partial charge in [0.15, 0.2) is 0 Å². The number of aliphatic hydroxyl groups excluding tert-OH is 2. The molecule has 0 spiro atoms. The Balaban J connectivity index is 0.986. The van der Waals surface area contributed by atoms with Gasteiger partial charge in [-0.3, -0.25) is 105 Å². The second-order valence-corrected chi connectivity index (χ2v) is 41.5. The van der Waals surface area contributed by atoms with Gasteiger partial charge in [-0.25, -0.2) is 4.79 Å². The molecule has 6 aliphatic rings. The Bertz CT molecular complexity index is 4920. The minimum absolute atomic E-state index is 0.000297. The summed E-state index contributed by atoms with van der Waals surface area (Å²) >= 11 is 0. The van der Waals surface area contributed by atoms with E-state index >= 15 is 9.59 Å². The normalized spacial score (nSPS) is 21.0. The van der Waals surface area contributed by atoms with Crippen molar-refractivity contribution in [3.05, 3.63) is 35.9 Å². The molecular formula is C99H156N22O27. The Morgan fingerprint density at radius 3 is 1.09 bits per heavy atom. The highest BCUT2D eigenvalue weighted by Gasteiger charge is 2.51. The van der Waals surface area contributed by atoms with Crippen molar-refractivity contribution in [2.24, 2.45) is 58.4 Å². The van der Waals surface area contributed by atoms with Crippen LogP contribution in [0.3, 0.4) is 0 Å². The van der Waals surface area contributed by atoms with E-state index in [-0.39, 0.29) is 128 Å². The quantitative estimate of drug-likeness (QED) is 0.0292. The maximum absolute atomic E-state index is 15.1. The number of aliphatic carboxylic acids is 2. The lowest BCUT2D eigenvalue weighted by Crippen LogP contribution is -2.63. The van der Waals surface area contributed by atoms with Gasteiger partial charge in [0.1, 0.15) is 109 Å². The minimum atomic E-state index is -1.89. The van der Waals surface area contributed by atoms with E-state index < -0.39 is 325 Å². The molecule has 824 valence electrons. The number of carboxylic acid groups (broad SMARTS) is 2. The van der Waals surface area contributed by atoms with E-state index in [4.69, 9.17) is 22.9 Å². The van der Waals surface area contributed by atoms with Crippen molar-refractivity contribution in [1.82, 2.24) is 93.2 Å². The lowest BCUT2D eigenvalue weighted by Gasteiger charge is -2.35. The van der Waals surface area contributed by atoms with Crippen molar-refractivity contribution in [1.29, 1.82) is 0 Å². The van der Waals surface area contributed by atoms with Gasteiger partial charge in [-0.05, 0) is 164 Å². The summed E-state index contributed by atoms with van der Waals surface area (Å²) in [6.07, 6.45) is -4.18. The molecule has 0 bridgehead atoms. The van der Waals surface area contributed by atoms with E-state index in [1.54, 1.807) is 113 Å². The first-order chi connectivity index (χ1) is 69.6. The second-order valence-electron chi connectivity index (χ2n) is 41.5. The molecule has 24 N–H and O–H groups in total. The Hall–Kier alpha value is -13.1. The van der Waals surface area contributed by atoms with Crippen LogP contribution in [-0.4, -0.2) is 352 Å². The molecule has 22 atom stereocenters. The van der Waals surface area contributed by atoms with E-state index in [2.05, 4.69) is 63.8 Å². The predicted octanol–water partition coefficient (Wildman–Crippen LogP) is -4.46. The molecule has 1 aromatic carbocycles. The molecular weight excluding hydrogens is 1930 g/mol. The standard InChI is InChI=1S/C99H156N22O27/c1-15-54(12)78(113-81(129)58(100)48-73(103)126)97(145)121-44-24-32-70(121)95(143)117-40-20-28-66(117)87(135)108-63(46-50(4)5)85(133)114-79(55(13)122)92(140)104-59(33-36-71(101)124)82(130)115-80(56(14)123)98(146)119-42-22-30-68(119)89(137)110-75(51(6)7)90(138)111-76(52(8)9)91(139)112-77(53(10)11)96(144)120-43-23-31-69(120)94(142)118-41-21-29-67(118)88(136)109-64(47-57-25-17-16-18-26-57)84(132)107-62(45-49(2)3)83(131)105-60(34-37-72(102)125)93(141)116-39-19-27-65(116)86(134)106-61(99(147)148)35-38-74(127)128/h16-18,25-26,49-56,58-70,75-80,122-123H,15,19-24,27-48,100H2,1-14H3,(H2,101,124)(H2,102,125)(H2,103,126)(H,104,140)(H,105,131)(H,106,134)(H,107,132)(H,108,135)(H,109,136)(H,110,137)(H,111,138)(H,112,139)(H,113,129)(H,114,133)(H,115,130)(H,127,128)(H,147,148)/t54-,55+,56+,58-,59-,60-,61-,62-,63-,64-,65-,66-,67-,68-,69-,70-,75-,76-,77-,78-,79-,80-/m0/s1. The molecule has 6 saturated heterocycles. The summed E-state index contributed by atoms with van der Waals surface area (Å²) in [4.78, 5) is 328. The molecule has 0 aliphatic carbocycles. The summed E-state index contributed by atoms with van der Waals surface area (Å²) in [6, 6.07) is -18.2. The molecule has 21 amide bonds. The maximum atomic E-state index is 15.1. The fourth-order valence-corrected chi connectivity index (χ4v) is 19.5. The van der Waals surface area contributed by atoms with Gasteiger partial charge in [-0.1, -0.05) is 120 Å². The average Bonchev–Trinajstić information content (AvgIpc) is 1.64. The Morgan fingerprint density at radius 2 is 0.655 bits per heavy atom. The number of likely N-dealkylation sites (tertiary alicyclic amines) is 6. The van der Waals surface area contributed by atoms with Crippen LogP contribution in [0.1, 0.15) is 244 Å². The zero-order valence-electron chi connectivity index (χ0n) is 87.2. The van der Waals surface area contributed by atoms with Gasteiger partial charge in [0, 0.05) is 65.0 Å². The fraction of sp³-hybridized carbons (Fsp3) is 0.707. The van der Waals surface area contributed by atoms with Crippen molar-refractivity contribution in [2.75, 3.05) is 39.3 Å². The lowest BCUT2D eigenvalue weighted by atomic mass is 9.96. The molecule has 6 fully saturated rings. The van der Waals surface area contributed by atoms with E-state index in [0.29, 0.717) is 37.7 Å². The molecule has 49 heteroatoms. The molecule has 49 nitrogen and oxygen atoms in total. The maximum Gasteiger partial charge on any atom is 0.326 e. The van der Waals surface area contributed by atoms with Crippen molar-refractivity contribution in [3.8, 4) is 0 Å².